The van der Waals surface area contributed by atoms with Crippen molar-refractivity contribution < 1.29 is 9.53 Å². The number of nitrogens with zero attached hydrogens (tertiary/aromatic N) is 1. The average Bonchev–Trinajstić information content (AvgIpc) is 2.65. The van der Waals surface area contributed by atoms with Crippen molar-refractivity contribution in [3.63, 3.8) is 0 Å². The Labute approximate surface area is 101 Å². The molecule has 2 atom stereocenters. The van der Waals surface area contributed by atoms with Gasteiger partial charge in [0, 0.05) is 24.7 Å². The number of rotatable bonds is 1. The summed E-state index contributed by atoms with van der Waals surface area (Å²) in [5.74, 6) is 2.01. The van der Waals surface area contributed by atoms with Crippen molar-refractivity contribution in [3.05, 3.63) is 0 Å². The van der Waals surface area contributed by atoms with Crippen molar-refractivity contribution in [2.45, 2.75) is 38.5 Å². The number of carbonyl (C=O) groups excluding carboxylic acids is 1. The van der Waals surface area contributed by atoms with Gasteiger partial charge in [0.05, 0.1) is 17.7 Å². The monoisotopic (exact) mass is 244 g/mol. The molecule has 1 amide bonds. The van der Waals surface area contributed by atoms with Crippen LogP contribution in [0.5, 0.6) is 0 Å². The number of hydrogen-bond acceptors (Lipinski definition) is 4. The molecule has 92 valence electrons. The van der Waals surface area contributed by atoms with Gasteiger partial charge in [-0.1, -0.05) is 0 Å². The first-order chi connectivity index (χ1) is 7.48. The highest BCUT2D eigenvalue weighted by atomic mass is 32.2. The Kier molecular flexibility index (Phi) is 3.47. The van der Waals surface area contributed by atoms with Crippen LogP contribution in [0, 0.1) is 0 Å². The Morgan fingerprint density at radius 3 is 2.88 bits per heavy atom. The minimum atomic E-state index is -0.223. The smallest absolute Gasteiger partial charge is 0.240 e. The lowest BCUT2D eigenvalue weighted by Gasteiger charge is -2.42. The Morgan fingerprint density at radius 1 is 1.56 bits per heavy atom. The van der Waals surface area contributed by atoms with Gasteiger partial charge in [0.25, 0.3) is 0 Å². The second-order valence-corrected chi connectivity index (χ2v) is 6.21. The lowest BCUT2D eigenvalue weighted by molar-refractivity contribution is -0.159. The molecule has 4 nitrogen and oxygen atoms in total. The van der Waals surface area contributed by atoms with Crippen LogP contribution in [-0.4, -0.2) is 53.3 Å². The molecule has 0 aromatic carbocycles. The molecule has 5 heteroatoms. The summed E-state index contributed by atoms with van der Waals surface area (Å²) in [6.45, 7) is 7.52. The van der Waals surface area contributed by atoms with Gasteiger partial charge in [-0.3, -0.25) is 10.1 Å². The summed E-state index contributed by atoms with van der Waals surface area (Å²) in [5, 5.41) is 3.23. The molecule has 0 saturated carbocycles. The van der Waals surface area contributed by atoms with Gasteiger partial charge in [-0.05, 0) is 20.8 Å². The third-order valence-electron chi connectivity index (χ3n) is 2.90. The second kappa shape index (κ2) is 4.55. The third kappa shape index (κ3) is 2.70. The van der Waals surface area contributed by atoms with Crippen LogP contribution in [0.3, 0.4) is 0 Å². The number of amides is 1. The van der Waals surface area contributed by atoms with E-state index in [0.29, 0.717) is 13.1 Å². The van der Waals surface area contributed by atoms with Crippen molar-refractivity contribution >= 4 is 17.7 Å². The summed E-state index contributed by atoms with van der Waals surface area (Å²) in [5.41, 5.74) is -0.223. The van der Waals surface area contributed by atoms with Gasteiger partial charge >= 0.3 is 0 Å². The maximum atomic E-state index is 12.2. The number of hydrogen-bond donors (Lipinski definition) is 1. The van der Waals surface area contributed by atoms with Crippen LogP contribution in [0.2, 0.25) is 0 Å². The van der Waals surface area contributed by atoms with Crippen molar-refractivity contribution in [2.24, 2.45) is 0 Å². The van der Waals surface area contributed by atoms with Crippen molar-refractivity contribution in [3.8, 4) is 0 Å². The van der Waals surface area contributed by atoms with Crippen LogP contribution < -0.4 is 5.32 Å². The zero-order valence-corrected chi connectivity index (χ0v) is 11.0. The van der Waals surface area contributed by atoms with Crippen LogP contribution in [0.15, 0.2) is 0 Å². The van der Waals surface area contributed by atoms with Gasteiger partial charge in [0.1, 0.15) is 0 Å². The standard InChI is InChI=1S/C11H20N2O2S/c1-8-4-13(6-11(2,3)15-8)10(14)9-5-16-7-12-9/h8-9,12H,4-7H2,1-3H3. The zero-order valence-electron chi connectivity index (χ0n) is 10.2. The quantitative estimate of drug-likeness (QED) is 0.736. The fraction of sp³-hybridized carbons (Fsp3) is 0.909. The highest BCUT2D eigenvalue weighted by Crippen LogP contribution is 2.22. The normalized spacial score (nSPS) is 34.1. The van der Waals surface area contributed by atoms with Crippen LogP contribution in [0.4, 0.5) is 0 Å². The van der Waals surface area contributed by atoms with Crippen molar-refractivity contribution in [1.29, 1.82) is 0 Å². The van der Waals surface area contributed by atoms with E-state index in [1.165, 1.54) is 0 Å². The summed E-state index contributed by atoms with van der Waals surface area (Å²) in [7, 11) is 0. The number of thioether (sulfide) groups is 1. The molecule has 2 unspecified atom stereocenters. The minimum Gasteiger partial charge on any atom is -0.369 e. The maximum Gasteiger partial charge on any atom is 0.240 e. The second-order valence-electron chi connectivity index (χ2n) is 5.18. The summed E-state index contributed by atoms with van der Waals surface area (Å²) in [6, 6.07) is 0.00565. The highest BCUT2D eigenvalue weighted by molar-refractivity contribution is 7.99. The summed E-state index contributed by atoms with van der Waals surface area (Å²) in [6.07, 6.45) is 0.127. The van der Waals surface area contributed by atoms with E-state index in [2.05, 4.69) is 5.32 Å². The number of carbonyl (C=O) groups is 1. The number of nitrogens with one attached hydrogen (secondary N) is 1. The van der Waals surface area contributed by atoms with E-state index in [1.54, 1.807) is 11.8 Å². The van der Waals surface area contributed by atoms with Gasteiger partial charge in [-0.25, -0.2) is 0 Å². The first-order valence-corrected chi connectivity index (χ1v) is 6.91. The maximum absolute atomic E-state index is 12.2. The first-order valence-electron chi connectivity index (χ1n) is 5.76. The van der Waals surface area contributed by atoms with Crippen molar-refractivity contribution in [2.75, 3.05) is 24.7 Å². The van der Waals surface area contributed by atoms with E-state index in [4.69, 9.17) is 4.74 Å². The van der Waals surface area contributed by atoms with Crippen LogP contribution in [0.25, 0.3) is 0 Å². The zero-order chi connectivity index (χ0) is 11.8. The van der Waals surface area contributed by atoms with Gasteiger partial charge in [-0.15, -0.1) is 11.8 Å². The highest BCUT2D eigenvalue weighted by Gasteiger charge is 2.36. The summed E-state index contributed by atoms with van der Waals surface area (Å²) < 4.78 is 5.80. The molecule has 16 heavy (non-hydrogen) atoms. The molecule has 2 fully saturated rings. The molecule has 2 aliphatic heterocycles. The number of ether oxygens (including phenoxy) is 1. The molecule has 2 rings (SSSR count). The molecule has 0 aromatic rings. The molecule has 0 bridgehead atoms. The fourth-order valence-corrected chi connectivity index (χ4v) is 3.33. The van der Waals surface area contributed by atoms with Crippen LogP contribution >= 0.6 is 11.8 Å². The summed E-state index contributed by atoms with van der Waals surface area (Å²) in [4.78, 5) is 14.2. The van der Waals surface area contributed by atoms with E-state index < -0.39 is 0 Å². The lowest BCUT2D eigenvalue weighted by Crippen LogP contribution is -2.57. The molecule has 2 saturated heterocycles. The van der Waals surface area contributed by atoms with E-state index >= 15 is 0 Å². The molecule has 0 aromatic heterocycles. The molecule has 1 N–H and O–H groups in total. The predicted molar refractivity (Wildman–Crippen MR) is 65.5 cm³/mol. The topological polar surface area (TPSA) is 41.6 Å². The Morgan fingerprint density at radius 2 is 2.31 bits per heavy atom. The molecular weight excluding hydrogens is 224 g/mol. The van der Waals surface area contributed by atoms with Crippen LogP contribution in [-0.2, 0) is 9.53 Å². The molecule has 0 spiro atoms. The Balaban J connectivity index is 2.00. The van der Waals surface area contributed by atoms with Crippen LogP contribution in [0.1, 0.15) is 20.8 Å². The Hall–Kier alpha value is -0.260. The lowest BCUT2D eigenvalue weighted by atomic mass is 10.0. The molecule has 2 heterocycles. The average molecular weight is 244 g/mol. The third-order valence-corrected chi connectivity index (χ3v) is 3.84. The van der Waals surface area contributed by atoms with Gasteiger partial charge in [0.15, 0.2) is 0 Å². The minimum absolute atomic E-state index is 0.00565. The van der Waals surface area contributed by atoms with Gasteiger partial charge < -0.3 is 9.64 Å². The summed E-state index contributed by atoms with van der Waals surface area (Å²) >= 11 is 1.79. The van der Waals surface area contributed by atoms with E-state index in [0.717, 1.165) is 11.6 Å². The van der Waals surface area contributed by atoms with Crippen molar-refractivity contribution in [1.82, 2.24) is 10.2 Å². The first kappa shape index (κ1) is 12.2. The van der Waals surface area contributed by atoms with E-state index in [1.807, 2.05) is 25.7 Å². The largest absolute Gasteiger partial charge is 0.369 e. The van der Waals surface area contributed by atoms with Gasteiger partial charge in [0.2, 0.25) is 5.91 Å². The molecule has 2 aliphatic rings. The Bertz CT molecular complexity index is 277. The number of morpholine rings is 1. The molecule has 0 aliphatic carbocycles. The predicted octanol–water partition coefficient (Wildman–Crippen LogP) is 0.675. The van der Waals surface area contributed by atoms with Gasteiger partial charge in [-0.2, -0.15) is 0 Å². The molecular formula is C11H20N2O2S. The van der Waals surface area contributed by atoms with E-state index in [9.17, 15) is 4.79 Å². The van der Waals surface area contributed by atoms with E-state index in [-0.39, 0.29) is 23.7 Å². The molecule has 0 radical (unpaired) electrons. The fourth-order valence-electron chi connectivity index (χ4n) is 2.40. The SMILES string of the molecule is CC1CN(C(=O)C2CSCN2)CC(C)(C)O1.